The van der Waals surface area contributed by atoms with Gasteiger partial charge < -0.3 is 5.32 Å². The summed E-state index contributed by atoms with van der Waals surface area (Å²) in [7, 11) is 0. The van der Waals surface area contributed by atoms with Crippen molar-refractivity contribution in [3.8, 4) is 16.6 Å². The minimum Gasteiger partial charge on any atom is -0.321 e. The zero-order chi connectivity index (χ0) is 22.7. The van der Waals surface area contributed by atoms with Gasteiger partial charge in [0.1, 0.15) is 16.6 Å². The van der Waals surface area contributed by atoms with Gasteiger partial charge in [0.15, 0.2) is 0 Å². The number of nitrogens with zero attached hydrogens (tertiary/aromatic N) is 2. The molecule has 1 heterocycles. The predicted molar refractivity (Wildman–Crippen MR) is 133 cm³/mol. The third-order valence-corrected chi connectivity index (χ3v) is 6.28. The molecule has 0 atom stereocenters. The fourth-order valence-electron chi connectivity index (χ4n) is 3.34. The van der Waals surface area contributed by atoms with Crippen LogP contribution in [-0.4, -0.2) is 10.9 Å². The Morgan fingerprint density at radius 1 is 1.06 bits per heavy atom. The molecule has 3 aromatic carbocycles. The number of fused-ring (bicyclic) bond motifs is 1. The molecule has 5 heteroatoms. The van der Waals surface area contributed by atoms with E-state index in [4.69, 9.17) is 4.98 Å². The highest BCUT2D eigenvalue weighted by Gasteiger charge is 2.11. The lowest BCUT2D eigenvalue weighted by molar-refractivity contribution is -0.112. The molecule has 0 saturated carbocycles. The Kier molecular flexibility index (Phi) is 6.16. The SMILES string of the molecule is Cc1ccc2nc(-c3ccc(NC(=O)/C(C#N)=C\c4ccc(C(C)C)cc4)cc3)sc2c1. The van der Waals surface area contributed by atoms with E-state index in [-0.39, 0.29) is 5.57 Å². The van der Waals surface area contributed by atoms with Gasteiger partial charge in [0, 0.05) is 11.3 Å². The van der Waals surface area contributed by atoms with Crippen LogP contribution in [0.25, 0.3) is 26.9 Å². The smallest absolute Gasteiger partial charge is 0.266 e. The van der Waals surface area contributed by atoms with E-state index < -0.39 is 5.91 Å². The standard InChI is InChI=1S/C27H23N3OS/c1-17(2)20-7-5-19(6-8-20)15-22(16-28)26(31)29-23-11-9-21(10-12-23)27-30-24-13-4-18(3)14-25(24)32-27/h4-15,17H,1-3H3,(H,29,31)/b22-15-. The van der Waals surface area contributed by atoms with Crippen LogP contribution in [0.5, 0.6) is 0 Å². The normalized spacial score (nSPS) is 11.5. The maximum Gasteiger partial charge on any atom is 0.266 e. The first-order valence-corrected chi connectivity index (χ1v) is 11.3. The largest absolute Gasteiger partial charge is 0.321 e. The highest BCUT2D eigenvalue weighted by atomic mass is 32.1. The number of thiazole rings is 1. The molecule has 1 amide bonds. The number of nitriles is 1. The Morgan fingerprint density at radius 2 is 1.78 bits per heavy atom. The first-order valence-electron chi connectivity index (χ1n) is 10.4. The molecular weight excluding hydrogens is 414 g/mol. The third kappa shape index (κ3) is 4.77. The number of aryl methyl sites for hydroxylation is 1. The summed E-state index contributed by atoms with van der Waals surface area (Å²) in [6.07, 6.45) is 1.61. The van der Waals surface area contributed by atoms with E-state index in [1.807, 2.05) is 60.7 Å². The summed E-state index contributed by atoms with van der Waals surface area (Å²) in [5.74, 6) is 0.00487. The summed E-state index contributed by atoms with van der Waals surface area (Å²) in [5, 5.41) is 13.2. The van der Waals surface area contributed by atoms with Gasteiger partial charge in [-0.15, -0.1) is 11.3 Å². The van der Waals surface area contributed by atoms with Gasteiger partial charge in [-0.1, -0.05) is 44.2 Å². The number of benzene rings is 3. The Labute approximate surface area is 191 Å². The van der Waals surface area contributed by atoms with Gasteiger partial charge in [-0.2, -0.15) is 5.26 Å². The van der Waals surface area contributed by atoms with Gasteiger partial charge in [0.2, 0.25) is 0 Å². The number of aromatic nitrogens is 1. The highest BCUT2D eigenvalue weighted by molar-refractivity contribution is 7.21. The zero-order valence-corrected chi connectivity index (χ0v) is 19.0. The average molecular weight is 438 g/mol. The lowest BCUT2D eigenvalue weighted by atomic mass is 10.0. The summed E-state index contributed by atoms with van der Waals surface area (Å²) < 4.78 is 1.16. The number of carbonyl (C=O) groups excluding carboxylic acids is 1. The lowest BCUT2D eigenvalue weighted by Gasteiger charge is -2.06. The molecule has 0 radical (unpaired) electrons. The first kappa shape index (κ1) is 21.5. The van der Waals surface area contributed by atoms with Gasteiger partial charge in [0.05, 0.1) is 10.2 Å². The molecule has 1 N–H and O–H groups in total. The molecule has 0 spiro atoms. The number of amides is 1. The van der Waals surface area contributed by atoms with E-state index in [2.05, 4.69) is 38.2 Å². The Hall–Kier alpha value is -3.75. The van der Waals surface area contributed by atoms with Crippen molar-refractivity contribution in [2.45, 2.75) is 26.7 Å². The van der Waals surface area contributed by atoms with E-state index in [0.717, 1.165) is 26.4 Å². The van der Waals surface area contributed by atoms with Crippen molar-refractivity contribution >= 4 is 39.2 Å². The van der Waals surface area contributed by atoms with Crippen LogP contribution < -0.4 is 5.32 Å². The van der Waals surface area contributed by atoms with Crippen LogP contribution in [0.2, 0.25) is 0 Å². The first-order chi connectivity index (χ1) is 15.4. The summed E-state index contributed by atoms with van der Waals surface area (Å²) in [6, 6.07) is 23.6. The predicted octanol–water partition coefficient (Wildman–Crippen LogP) is 6.94. The van der Waals surface area contributed by atoms with Crippen LogP contribution in [0, 0.1) is 18.3 Å². The third-order valence-electron chi connectivity index (χ3n) is 5.21. The van der Waals surface area contributed by atoms with Gasteiger partial charge >= 0.3 is 0 Å². The second kappa shape index (κ2) is 9.17. The molecule has 4 nitrogen and oxygen atoms in total. The van der Waals surface area contributed by atoms with Crippen molar-refractivity contribution < 1.29 is 4.79 Å². The lowest BCUT2D eigenvalue weighted by Crippen LogP contribution is -2.13. The number of rotatable bonds is 5. The Bertz CT molecular complexity index is 1340. The molecule has 4 rings (SSSR count). The average Bonchev–Trinajstić information content (AvgIpc) is 3.21. The molecule has 0 unspecified atom stereocenters. The fourth-order valence-corrected chi connectivity index (χ4v) is 4.41. The number of hydrogen-bond donors (Lipinski definition) is 1. The Morgan fingerprint density at radius 3 is 2.44 bits per heavy atom. The fraction of sp³-hybridized carbons (Fsp3) is 0.148. The highest BCUT2D eigenvalue weighted by Crippen LogP contribution is 2.31. The van der Waals surface area contributed by atoms with E-state index >= 15 is 0 Å². The van der Waals surface area contributed by atoms with Crippen LogP contribution in [0.15, 0.2) is 72.3 Å². The molecular formula is C27H23N3OS. The van der Waals surface area contributed by atoms with Crippen molar-refractivity contribution in [1.29, 1.82) is 5.26 Å². The van der Waals surface area contributed by atoms with Crippen LogP contribution in [0.4, 0.5) is 5.69 Å². The van der Waals surface area contributed by atoms with Crippen molar-refractivity contribution in [3.63, 3.8) is 0 Å². The summed E-state index contributed by atoms with van der Waals surface area (Å²) in [5.41, 5.74) is 5.92. The molecule has 158 valence electrons. The molecule has 4 aromatic rings. The molecule has 0 aliphatic heterocycles. The van der Waals surface area contributed by atoms with Gasteiger partial charge in [-0.25, -0.2) is 4.98 Å². The number of hydrogen-bond acceptors (Lipinski definition) is 4. The molecule has 0 bridgehead atoms. The Balaban J connectivity index is 1.49. The summed E-state index contributed by atoms with van der Waals surface area (Å²) in [6.45, 7) is 6.32. The monoisotopic (exact) mass is 437 g/mol. The van der Waals surface area contributed by atoms with Crippen molar-refractivity contribution in [2.24, 2.45) is 0 Å². The quantitative estimate of drug-likeness (QED) is 0.272. The van der Waals surface area contributed by atoms with Crippen molar-refractivity contribution in [3.05, 3.63) is 89.0 Å². The van der Waals surface area contributed by atoms with Crippen molar-refractivity contribution in [2.75, 3.05) is 5.32 Å². The molecule has 0 aliphatic carbocycles. The number of nitrogens with one attached hydrogen (secondary N) is 1. The van der Waals surface area contributed by atoms with Gasteiger partial charge in [0.25, 0.3) is 5.91 Å². The van der Waals surface area contributed by atoms with Crippen LogP contribution >= 0.6 is 11.3 Å². The molecule has 32 heavy (non-hydrogen) atoms. The topological polar surface area (TPSA) is 65.8 Å². The second-order valence-corrected chi connectivity index (χ2v) is 9.04. The maximum atomic E-state index is 12.6. The van der Waals surface area contributed by atoms with E-state index in [0.29, 0.717) is 11.6 Å². The zero-order valence-electron chi connectivity index (χ0n) is 18.2. The van der Waals surface area contributed by atoms with Gasteiger partial charge in [-0.3, -0.25) is 4.79 Å². The number of carbonyl (C=O) groups is 1. The van der Waals surface area contributed by atoms with Gasteiger partial charge in [-0.05, 0) is 72.0 Å². The maximum absolute atomic E-state index is 12.6. The molecule has 1 aromatic heterocycles. The van der Waals surface area contributed by atoms with E-state index in [1.54, 1.807) is 17.4 Å². The molecule has 0 aliphatic rings. The minimum atomic E-state index is -0.427. The van der Waals surface area contributed by atoms with Crippen LogP contribution in [0.3, 0.4) is 0 Å². The minimum absolute atomic E-state index is 0.0629. The van der Waals surface area contributed by atoms with Crippen LogP contribution in [-0.2, 0) is 4.79 Å². The number of anilines is 1. The van der Waals surface area contributed by atoms with Crippen LogP contribution in [0.1, 0.15) is 36.5 Å². The molecule has 0 fully saturated rings. The summed E-state index contributed by atoms with van der Waals surface area (Å²) in [4.78, 5) is 17.3. The second-order valence-electron chi connectivity index (χ2n) is 8.01. The molecule has 0 saturated heterocycles. The van der Waals surface area contributed by atoms with Crippen molar-refractivity contribution in [1.82, 2.24) is 4.98 Å². The van der Waals surface area contributed by atoms with E-state index in [9.17, 15) is 10.1 Å². The van der Waals surface area contributed by atoms with E-state index in [1.165, 1.54) is 11.1 Å². The summed E-state index contributed by atoms with van der Waals surface area (Å²) >= 11 is 1.65.